The van der Waals surface area contributed by atoms with Crippen LogP contribution in [0.4, 0.5) is 0 Å². The predicted octanol–water partition coefficient (Wildman–Crippen LogP) is 4.07. The molecule has 2 aliphatic rings. The first-order chi connectivity index (χ1) is 9.25. The van der Waals surface area contributed by atoms with Crippen LogP contribution >= 0.6 is 0 Å². The van der Waals surface area contributed by atoms with Gasteiger partial charge in [0.25, 0.3) is 0 Å². The van der Waals surface area contributed by atoms with Crippen LogP contribution < -0.4 is 10.1 Å². The molecule has 1 aliphatic carbocycles. The average Bonchev–Trinajstić information content (AvgIpc) is 2.43. The lowest BCUT2D eigenvalue weighted by atomic mass is 9.71. The predicted molar refractivity (Wildman–Crippen MR) is 78.5 cm³/mol. The summed E-state index contributed by atoms with van der Waals surface area (Å²) in [5, 5.41) is 3.65. The molecule has 2 heteroatoms. The highest BCUT2D eigenvalue weighted by Crippen LogP contribution is 2.48. The van der Waals surface area contributed by atoms with Gasteiger partial charge in [-0.1, -0.05) is 38.5 Å². The van der Waals surface area contributed by atoms with Crippen LogP contribution in [0.5, 0.6) is 5.75 Å². The van der Waals surface area contributed by atoms with Gasteiger partial charge in [0.2, 0.25) is 0 Å². The summed E-state index contributed by atoms with van der Waals surface area (Å²) in [6, 6.07) is 9.02. The normalized spacial score (nSPS) is 33.8. The molecule has 1 spiro atoms. The van der Waals surface area contributed by atoms with Gasteiger partial charge in [0.15, 0.2) is 0 Å². The highest BCUT2D eigenvalue weighted by Gasteiger charge is 2.45. The number of nitrogens with one attached hydrogen (secondary N) is 1. The summed E-state index contributed by atoms with van der Waals surface area (Å²) in [7, 11) is 0. The zero-order valence-corrected chi connectivity index (χ0v) is 12.1. The Morgan fingerprint density at radius 2 is 2.16 bits per heavy atom. The fourth-order valence-corrected chi connectivity index (χ4v) is 3.85. The maximum atomic E-state index is 6.51. The standard InChI is InChI=1S/C17H25NO/c1-3-18-15-12-17(11-7-6-8-13(17)2)19-16-10-5-4-9-14(15)16/h4-5,9-10,13,15,18H,3,6-8,11-12H2,1-2H3. The van der Waals surface area contributed by atoms with Crippen molar-refractivity contribution in [2.24, 2.45) is 5.92 Å². The van der Waals surface area contributed by atoms with Crippen molar-refractivity contribution in [2.75, 3.05) is 6.54 Å². The molecule has 0 bridgehead atoms. The van der Waals surface area contributed by atoms with Gasteiger partial charge in [-0.3, -0.25) is 0 Å². The van der Waals surface area contributed by atoms with Gasteiger partial charge in [0.1, 0.15) is 11.4 Å². The summed E-state index contributed by atoms with van der Waals surface area (Å²) >= 11 is 0. The Hall–Kier alpha value is -1.02. The summed E-state index contributed by atoms with van der Waals surface area (Å²) in [5.41, 5.74) is 1.41. The molecule has 0 amide bonds. The van der Waals surface area contributed by atoms with Crippen molar-refractivity contribution in [3.05, 3.63) is 29.8 Å². The minimum atomic E-state index is 0.0689. The van der Waals surface area contributed by atoms with Gasteiger partial charge in [-0.05, 0) is 37.8 Å². The molecular weight excluding hydrogens is 234 g/mol. The van der Waals surface area contributed by atoms with Gasteiger partial charge >= 0.3 is 0 Å². The number of benzene rings is 1. The van der Waals surface area contributed by atoms with E-state index >= 15 is 0 Å². The zero-order chi connectivity index (χ0) is 13.3. The fraction of sp³-hybridized carbons (Fsp3) is 0.647. The SMILES string of the molecule is CCNC1CC2(CCCCC2C)Oc2ccccc21. The van der Waals surface area contributed by atoms with Crippen molar-refractivity contribution in [2.45, 2.75) is 57.6 Å². The highest BCUT2D eigenvalue weighted by molar-refractivity contribution is 5.39. The Morgan fingerprint density at radius 3 is 2.95 bits per heavy atom. The Bertz CT molecular complexity index is 445. The maximum absolute atomic E-state index is 6.51. The molecule has 1 aromatic carbocycles. The van der Waals surface area contributed by atoms with E-state index in [-0.39, 0.29) is 5.60 Å². The summed E-state index contributed by atoms with van der Waals surface area (Å²) in [4.78, 5) is 0. The topological polar surface area (TPSA) is 21.3 Å². The third-order valence-corrected chi connectivity index (χ3v) is 4.99. The van der Waals surface area contributed by atoms with Crippen LogP contribution in [0.25, 0.3) is 0 Å². The molecule has 0 aromatic heterocycles. The number of para-hydroxylation sites is 1. The first kappa shape index (κ1) is 13.0. The molecule has 3 atom stereocenters. The Balaban J connectivity index is 1.95. The third kappa shape index (κ3) is 2.27. The molecule has 0 radical (unpaired) electrons. The van der Waals surface area contributed by atoms with E-state index in [9.17, 15) is 0 Å². The molecule has 1 aromatic rings. The Labute approximate surface area is 116 Å². The van der Waals surface area contributed by atoms with Crippen molar-refractivity contribution in [3.63, 3.8) is 0 Å². The molecule has 1 N–H and O–H groups in total. The molecule has 3 rings (SSSR count). The van der Waals surface area contributed by atoms with E-state index in [1.54, 1.807) is 0 Å². The summed E-state index contributed by atoms with van der Waals surface area (Å²) in [5.74, 6) is 1.77. The van der Waals surface area contributed by atoms with Crippen molar-refractivity contribution in [3.8, 4) is 5.75 Å². The third-order valence-electron chi connectivity index (χ3n) is 4.99. The molecule has 2 nitrogen and oxygen atoms in total. The minimum absolute atomic E-state index is 0.0689. The molecule has 19 heavy (non-hydrogen) atoms. The minimum Gasteiger partial charge on any atom is -0.487 e. The lowest BCUT2D eigenvalue weighted by Crippen LogP contribution is -2.50. The molecule has 1 heterocycles. The van der Waals surface area contributed by atoms with Gasteiger partial charge < -0.3 is 10.1 Å². The summed E-state index contributed by atoms with van der Waals surface area (Å²) < 4.78 is 6.51. The molecule has 0 saturated heterocycles. The quantitative estimate of drug-likeness (QED) is 0.864. The van der Waals surface area contributed by atoms with E-state index in [1.807, 2.05) is 0 Å². The number of hydrogen-bond acceptors (Lipinski definition) is 2. The smallest absolute Gasteiger partial charge is 0.124 e. The summed E-state index contributed by atoms with van der Waals surface area (Å²) in [6.07, 6.45) is 6.32. The molecule has 1 aliphatic heterocycles. The first-order valence-electron chi connectivity index (χ1n) is 7.76. The maximum Gasteiger partial charge on any atom is 0.124 e. The van der Waals surface area contributed by atoms with Crippen molar-refractivity contribution >= 4 is 0 Å². The second-order valence-corrected chi connectivity index (χ2v) is 6.17. The Kier molecular flexibility index (Phi) is 3.53. The zero-order valence-electron chi connectivity index (χ0n) is 12.1. The van der Waals surface area contributed by atoms with Crippen LogP contribution in [0.1, 0.15) is 57.6 Å². The first-order valence-corrected chi connectivity index (χ1v) is 7.76. The molecule has 1 fully saturated rings. The van der Waals surface area contributed by atoms with Gasteiger partial charge in [-0.2, -0.15) is 0 Å². The average molecular weight is 259 g/mol. The lowest BCUT2D eigenvalue weighted by Gasteiger charge is -2.48. The van der Waals surface area contributed by atoms with Crippen molar-refractivity contribution in [1.82, 2.24) is 5.32 Å². The van der Waals surface area contributed by atoms with Gasteiger partial charge in [-0.25, -0.2) is 0 Å². The van der Waals surface area contributed by atoms with Crippen LogP contribution in [0.2, 0.25) is 0 Å². The number of hydrogen-bond donors (Lipinski definition) is 1. The van der Waals surface area contributed by atoms with E-state index in [4.69, 9.17) is 4.74 Å². The highest BCUT2D eigenvalue weighted by atomic mass is 16.5. The number of ether oxygens (including phenoxy) is 1. The van der Waals surface area contributed by atoms with Crippen LogP contribution in [0, 0.1) is 5.92 Å². The largest absolute Gasteiger partial charge is 0.487 e. The van der Waals surface area contributed by atoms with Gasteiger partial charge in [0, 0.05) is 18.0 Å². The van der Waals surface area contributed by atoms with E-state index in [0.717, 1.165) is 18.7 Å². The van der Waals surface area contributed by atoms with E-state index in [0.29, 0.717) is 12.0 Å². The van der Waals surface area contributed by atoms with Crippen LogP contribution in [-0.4, -0.2) is 12.1 Å². The van der Waals surface area contributed by atoms with Crippen LogP contribution in [-0.2, 0) is 0 Å². The molecule has 1 saturated carbocycles. The van der Waals surface area contributed by atoms with Crippen molar-refractivity contribution in [1.29, 1.82) is 0 Å². The number of rotatable bonds is 2. The Morgan fingerprint density at radius 1 is 1.32 bits per heavy atom. The van der Waals surface area contributed by atoms with E-state index < -0.39 is 0 Å². The van der Waals surface area contributed by atoms with Crippen molar-refractivity contribution < 1.29 is 4.74 Å². The molecular formula is C17H25NO. The molecule has 3 unspecified atom stereocenters. The van der Waals surface area contributed by atoms with Crippen LogP contribution in [0.15, 0.2) is 24.3 Å². The van der Waals surface area contributed by atoms with Gasteiger partial charge in [-0.15, -0.1) is 0 Å². The fourth-order valence-electron chi connectivity index (χ4n) is 3.85. The number of fused-ring (bicyclic) bond motifs is 1. The van der Waals surface area contributed by atoms with E-state index in [2.05, 4.69) is 43.4 Å². The summed E-state index contributed by atoms with van der Waals surface area (Å²) in [6.45, 7) is 5.58. The monoisotopic (exact) mass is 259 g/mol. The second kappa shape index (κ2) is 5.16. The van der Waals surface area contributed by atoms with Crippen LogP contribution in [0.3, 0.4) is 0 Å². The molecule has 104 valence electrons. The van der Waals surface area contributed by atoms with Gasteiger partial charge in [0.05, 0.1) is 0 Å². The second-order valence-electron chi connectivity index (χ2n) is 6.17. The van der Waals surface area contributed by atoms with E-state index in [1.165, 1.54) is 31.2 Å². The lowest BCUT2D eigenvalue weighted by molar-refractivity contribution is -0.0442.